The first-order chi connectivity index (χ1) is 6.57. The van der Waals surface area contributed by atoms with Crippen LogP contribution in [-0.4, -0.2) is 13.1 Å². The first kappa shape index (κ1) is 10.6. The molecule has 0 heterocycles. The molecule has 0 fully saturated rings. The van der Waals surface area contributed by atoms with Crippen LogP contribution in [-0.2, 0) is 4.74 Å². The van der Waals surface area contributed by atoms with Gasteiger partial charge >= 0.3 is 5.97 Å². The lowest BCUT2D eigenvalue weighted by molar-refractivity contribution is 0.0594. The van der Waals surface area contributed by atoms with Gasteiger partial charge in [-0.05, 0) is 6.07 Å². The molecule has 0 aliphatic rings. The number of benzene rings is 1. The predicted molar refractivity (Wildman–Crippen MR) is 42.7 cm³/mol. The third-order valence-corrected chi connectivity index (χ3v) is 1.67. The van der Waals surface area contributed by atoms with Gasteiger partial charge in [0.1, 0.15) is 5.82 Å². The number of carbonyl (C=O) groups is 1. The SMILES string of the molecule is COC(=O)c1cccc(C(F)F)c1F. The summed E-state index contributed by atoms with van der Waals surface area (Å²) in [6, 6.07) is 3.19. The highest BCUT2D eigenvalue weighted by molar-refractivity contribution is 5.89. The number of halogens is 3. The van der Waals surface area contributed by atoms with Crippen LogP contribution in [0.2, 0.25) is 0 Å². The molecule has 0 aliphatic heterocycles. The molecule has 76 valence electrons. The van der Waals surface area contributed by atoms with E-state index in [0.717, 1.165) is 19.2 Å². The maximum Gasteiger partial charge on any atom is 0.340 e. The molecule has 0 amide bonds. The molecule has 14 heavy (non-hydrogen) atoms. The molecular formula is C9H7F3O2. The molecule has 0 aliphatic carbocycles. The molecule has 1 aromatic rings. The molecule has 0 N–H and O–H groups in total. The van der Waals surface area contributed by atoms with Crippen molar-refractivity contribution in [2.24, 2.45) is 0 Å². The van der Waals surface area contributed by atoms with E-state index in [-0.39, 0.29) is 0 Å². The third-order valence-electron chi connectivity index (χ3n) is 1.67. The predicted octanol–water partition coefficient (Wildman–Crippen LogP) is 2.55. The lowest BCUT2D eigenvalue weighted by Crippen LogP contribution is -2.06. The monoisotopic (exact) mass is 204 g/mol. The van der Waals surface area contributed by atoms with Crippen molar-refractivity contribution < 1.29 is 22.7 Å². The number of rotatable bonds is 2. The Bertz CT molecular complexity index is 350. The first-order valence-corrected chi connectivity index (χ1v) is 3.72. The molecule has 0 aromatic heterocycles. The molecule has 0 bridgehead atoms. The van der Waals surface area contributed by atoms with Crippen LogP contribution < -0.4 is 0 Å². The largest absolute Gasteiger partial charge is 0.465 e. The molecule has 0 saturated carbocycles. The van der Waals surface area contributed by atoms with Gasteiger partial charge in [0.05, 0.1) is 18.2 Å². The van der Waals surface area contributed by atoms with Crippen LogP contribution in [0.15, 0.2) is 18.2 Å². The first-order valence-electron chi connectivity index (χ1n) is 3.72. The van der Waals surface area contributed by atoms with E-state index >= 15 is 0 Å². The number of methoxy groups -OCH3 is 1. The Kier molecular flexibility index (Phi) is 3.11. The summed E-state index contributed by atoms with van der Waals surface area (Å²) in [7, 11) is 1.05. The highest BCUT2D eigenvalue weighted by Gasteiger charge is 2.19. The van der Waals surface area contributed by atoms with Crippen molar-refractivity contribution in [3.63, 3.8) is 0 Å². The second kappa shape index (κ2) is 4.13. The van der Waals surface area contributed by atoms with E-state index in [1.165, 1.54) is 6.07 Å². The fraction of sp³-hybridized carbons (Fsp3) is 0.222. The zero-order valence-corrected chi connectivity index (χ0v) is 7.26. The highest BCUT2D eigenvalue weighted by Crippen LogP contribution is 2.24. The minimum atomic E-state index is -2.94. The number of hydrogen-bond donors (Lipinski definition) is 0. The van der Waals surface area contributed by atoms with E-state index in [9.17, 15) is 18.0 Å². The van der Waals surface area contributed by atoms with Crippen molar-refractivity contribution in [2.75, 3.05) is 7.11 Å². The number of hydrogen-bond acceptors (Lipinski definition) is 2. The van der Waals surface area contributed by atoms with Gasteiger partial charge in [-0.3, -0.25) is 0 Å². The lowest BCUT2D eigenvalue weighted by Gasteiger charge is -2.05. The molecule has 0 spiro atoms. The van der Waals surface area contributed by atoms with E-state index in [0.29, 0.717) is 0 Å². The summed E-state index contributed by atoms with van der Waals surface area (Å²) in [6.45, 7) is 0. The van der Waals surface area contributed by atoms with Crippen molar-refractivity contribution in [2.45, 2.75) is 6.43 Å². The van der Waals surface area contributed by atoms with Gasteiger partial charge < -0.3 is 4.74 Å². The second-order valence-corrected chi connectivity index (χ2v) is 2.50. The molecule has 0 atom stereocenters. The number of esters is 1. The highest BCUT2D eigenvalue weighted by atomic mass is 19.3. The van der Waals surface area contributed by atoms with Crippen molar-refractivity contribution in [1.82, 2.24) is 0 Å². The zero-order valence-electron chi connectivity index (χ0n) is 7.26. The number of ether oxygens (including phenoxy) is 1. The molecule has 1 aromatic carbocycles. The minimum absolute atomic E-state index is 0.481. The summed E-state index contributed by atoms with van der Waals surface area (Å²) < 4.78 is 41.8. The smallest absolute Gasteiger partial charge is 0.340 e. The van der Waals surface area contributed by atoms with Gasteiger partial charge in [0.2, 0.25) is 0 Å². The Morgan fingerprint density at radius 3 is 2.57 bits per heavy atom. The Balaban J connectivity index is 3.20. The Labute approximate surface area is 78.3 Å². The van der Waals surface area contributed by atoms with E-state index in [1.54, 1.807) is 0 Å². The fourth-order valence-electron chi connectivity index (χ4n) is 0.986. The summed E-state index contributed by atoms with van der Waals surface area (Å²) in [6.07, 6.45) is -2.94. The lowest BCUT2D eigenvalue weighted by atomic mass is 10.1. The third kappa shape index (κ3) is 1.86. The van der Waals surface area contributed by atoms with E-state index in [2.05, 4.69) is 4.74 Å². The number of alkyl halides is 2. The minimum Gasteiger partial charge on any atom is -0.465 e. The average Bonchev–Trinajstić information content (AvgIpc) is 2.16. The van der Waals surface area contributed by atoms with Crippen molar-refractivity contribution >= 4 is 5.97 Å². The van der Waals surface area contributed by atoms with Gasteiger partial charge in [0.15, 0.2) is 0 Å². The standard InChI is InChI=1S/C9H7F3O2/c1-14-9(13)6-4-2-3-5(7(6)10)8(11)12/h2-4,8H,1H3. The Morgan fingerprint density at radius 2 is 2.07 bits per heavy atom. The van der Waals surface area contributed by atoms with Crippen LogP contribution in [0, 0.1) is 5.82 Å². The maximum atomic E-state index is 13.2. The van der Waals surface area contributed by atoms with Crippen LogP contribution in [0.25, 0.3) is 0 Å². The quantitative estimate of drug-likeness (QED) is 0.692. The number of carbonyl (C=O) groups excluding carboxylic acids is 1. The van der Waals surface area contributed by atoms with E-state index in [4.69, 9.17) is 0 Å². The van der Waals surface area contributed by atoms with Crippen molar-refractivity contribution in [1.29, 1.82) is 0 Å². The molecule has 0 radical (unpaired) electrons. The van der Waals surface area contributed by atoms with Crippen LogP contribution >= 0.6 is 0 Å². The van der Waals surface area contributed by atoms with E-state index < -0.39 is 29.3 Å². The summed E-state index contributed by atoms with van der Waals surface area (Å²) in [5.41, 5.74) is -1.28. The van der Waals surface area contributed by atoms with Gasteiger partial charge in [-0.15, -0.1) is 0 Å². The topological polar surface area (TPSA) is 26.3 Å². The summed E-state index contributed by atoms with van der Waals surface area (Å²) in [5, 5.41) is 0. The van der Waals surface area contributed by atoms with Crippen LogP contribution in [0.5, 0.6) is 0 Å². The molecule has 5 heteroatoms. The van der Waals surface area contributed by atoms with Crippen LogP contribution in [0.1, 0.15) is 22.3 Å². The maximum absolute atomic E-state index is 13.2. The van der Waals surface area contributed by atoms with Crippen LogP contribution in [0.4, 0.5) is 13.2 Å². The summed E-state index contributed by atoms with van der Waals surface area (Å²) in [4.78, 5) is 10.9. The average molecular weight is 204 g/mol. The molecule has 0 unspecified atom stereocenters. The van der Waals surface area contributed by atoms with E-state index in [1.807, 2.05) is 0 Å². The van der Waals surface area contributed by atoms with Gasteiger partial charge in [-0.1, -0.05) is 12.1 Å². The molecule has 1 rings (SSSR count). The van der Waals surface area contributed by atoms with Crippen LogP contribution in [0.3, 0.4) is 0 Å². The Morgan fingerprint density at radius 1 is 1.43 bits per heavy atom. The van der Waals surface area contributed by atoms with Gasteiger partial charge in [0, 0.05) is 0 Å². The van der Waals surface area contributed by atoms with Gasteiger partial charge in [0.25, 0.3) is 6.43 Å². The summed E-state index contributed by atoms with van der Waals surface area (Å²) in [5.74, 6) is -2.20. The zero-order chi connectivity index (χ0) is 10.7. The molecule has 2 nitrogen and oxygen atoms in total. The molecule has 0 saturated heterocycles. The van der Waals surface area contributed by atoms with Crippen molar-refractivity contribution in [3.8, 4) is 0 Å². The second-order valence-electron chi connectivity index (χ2n) is 2.50. The van der Waals surface area contributed by atoms with Gasteiger partial charge in [-0.25, -0.2) is 18.0 Å². The van der Waals surface area contributed by atoms with Crippen molar-refractivity contribution in [3.05, 3.63) is 35.1 Å². The molecular weight excluding hydrogens is 197 g/mol. The summed E-state index contributed by atoms with van der Waals surface area (Å²) >= 11 is 0. The Hall–Kier alpha value is -1.52. The van der Waals surface area contributed by atoms with Gasteiger partial charge in [-0.2, -0.15) is 0 Å². The normalized spacial score (nSPS) is 10.4. The fourth-order valence-corrected chi connectivity index (χ4v) is 0.986.